The summed E-state index contributed by atoms with van der Waals surface area (Å²) in [7, 11) is 0. The van der Waals surface area contributed by atoms with Crippen LogP contribution in [-0.2, 0) is 22.4 Å². The molecule has 0 amide bonds. The van der Waals surface area contributed by atoms with E-state index < -0.39 is 0 Å². The van der Waals surface area contributed by atoms with Gasteiger partial charge in [0.25, 0.3) is 0 Å². The molecule has 0 fully saturated rings. The second kappa shape index (κ2) is 135. The van der Waals surface area contributed by atoms with Gasteiger partial charge in [-0.3, -0.25) is 14.7 Å². The third-order valence-electron chi connectivity index (χ3n) is 0. The molecule has 0 saturated heterocycles. The molecule has 0 aromatic carbocycles. The number of hydrogen-bond donors (Lipinski definition) is 0. The Balaban J connectivity index is -0.0000000150. The number of rotatable bonds is 0. The van der Waals surface area contributed by atoms with Crippen molar-refractivity contribution in [2.75, 3.05) is 0 Å². The molecule has 0 heterocycles. The molecule has 0 aromatic heterocycles. The quantitative estimate of drug-likeness (QED) is 0.204. The Morgan fingerprint density at radius 2 is 0.545 bits per heavy atom. The van der Waals surface area contributed by atoms with Crippen LogP contribution in [-0.4, -0.2) is 0 Å². The molecule has 0 aliphatic carbocycles. The summed E-state index contributed by atoms with van der Waals surface area (Å²) in [6, 6.07) is 0. The van der Waals surface area contributed by atoms with Crippen molar-refractivity contribution in [3.05, 3.63) is 47.9 Å². The normalized spacial score (nSPS) is 2.18. The van der Waals surface area contributed by atoms with Crippen LogP contribution in [0.4, 0.5) is 0 Å². The van der Waals surface area contributed by atoms with E-state index in [0.29, 0.717) is 0 Å². The summed E-state index contributed by atoms with van der Waals surface area (Å²) >= 11 is 0. The third-order valence-corrected chi connectivity index (χ3v) is 0. The molecule has 0 spiro atoms. The van der Waals surface area contributed by atoms with Crippen molar-refractivity contribution in [2.45, 2.75) is 0 Å². The Labute approximate surface area is 80.5 Å². The monoisotopic (exact) mass is 357 g/mol. The van der Waals surface area contributed by atoms with E-state index in [4.69, 9.17) is 33.2 Å². The minimum Gasteiger partial charge on any atom is -0.373 e. The molecule has 11 heteroatoms. The number of nitrogens with zero attached hydrogens (tertiary/aromatic N) is 9. The van der Waals surface area contributed by atoms with Crippen molar-refractivity contribution in [3.63, 3.8) is 0 Å². The summed E-state index contributed by atoms with van der Waals surface area (Å²) in [6.45, 7) is 0. The molecule has 0 bridgehead atoms. The average molecular weight is 357 g/mol. The Bertz CT molecular complexity index is 101. The molecule has 1 atom stereocenters. The predicted molar refractivity (Wildman–Crippen MR) is 41.3 cm³/mol. The van der Waals surface area contributed by atoms with Crippen LogP contribution in [0.3, 0.4) is 0 Å². The zero-order valence-corrected chi connectivity index (χ0v) is 8.61. The molecule has 0 aliphatic rings. The van der Waals surface area contributed by atoms with Crippen LogP contribution in [0.5, 0.6) is 0 Å². The minimum absolute atomic E-state index is 0. The Morgan fingerprint density at radius 1 is 0.545 bits per heavy atom. The maximum absolute atomic E-state index is 6.75. The van der Waals surface area contributed by atoms with Gasteiger partial charge in [0.15, 0.2) is 0 Å². The van der Waals surface area contributed by atoms with Crippen LogP contribution in [0, 0.1) is 0 Å². The molecule has 11 heavy (non-hydrogen) atoms. The van der Waals surface area contributed by atoms with Gasteiger partial charge in [-0.1, -0.05) is 0 Å². The molecule has 64 valence electrons. The summed E-state index contributed by atoms with van der Waals surface area (Å²) in [5.74, 6) is 0. The summed E-state index contributed by atoms with van der Waals surface area (Å²) in [5.41, 5.74) is 40.5. The van der Waals surface area contributed by atoms with Crippen LogP contribution in [0.25, 0.3) is 47.9 Å². The smallest absolute Gasteiger partial charge is 0.373 e. The van der Waals surface area contributed by atoms with E-state index >= 15 is 0 Å². The first-order valence-corrected chi connectivity index (χ1v) is 1.20. The standard InChI is InChI=1S/Au.3N3.H3P/c;3*1-3-2;/h;;;;1H3/q+3;3*-1;. The Hall–Kier alpha value is -0.900. The maximum Gasteiger partial charge on any atom is 3.00 e. The number of hydrogen-bond acceptors (Lipinski definition) is 0. The van der Waals surface area contributed by atoms with Gasteiger partial charge < -0.3 is 33.2 Å². The zero-order valence-electron chi connectivity index (χ0n) is 5.03. The summed E-state index contributed by atoms with van der Waals surface area (Å²) in [6.07, 6.45) is 0. The van der Waals surface area contributed by atoms with Crippen molar-refractivity contribution < 1.29 is 22.4 Å². The molecular formula is H3AuN9P. The second-order valence-electron chi connectivity index (χ2n) is 0.268. The average Bonchev–Trinajstić information content (AvgIpc) is 1.70. The first kappa shape index (κ1) is 32.2. The molecule has 9 nitrogen and oxygen atoms in total. The van der Waals surface area contributed by atoms with Crippen LogP contribution in [0.15, 0.2) is 0 Å². The topological polar surface area (TPSA) is 176 Å². The zero-order chi connectivity index (χ0) is 8.12. The van der Waals surface area contributed by atoms with Gasteiger partial charge in [-0.05, 0) is 0 Å². The van der Waals surface area contributed by atoms with E-state index in [1.165, 1.54) is 14.7 Å². The summed E-state index contributed by atoms with van der Waals surface area (Å²) in [5, 5.41) is 0. The van der Waals surface area contributed by atoms with Crippen LogP contribution >= 0.6 is 9.90 Å². The largest absolute Gasteiger partial charge is 3.00 e. The molecule has 0 aromatic rings. The van der Waals surface area contributed by atoms with Crippen LogP contribution in [0.1, 0.15) is 0 Å². The summed E-state index contributed by atoms with van der Waals surface area (Å²) < 4.78 is 0. The minimum atomic E-state index is 0. The fourth-order valence-corrected chi connectivity index (χ4v) is 0. The molecule has 1 unspecified atom stereocenters. The van der Waals surface area contributed by atoms with Crippen LogP contribution in [0.2, 0.25) is 0 Å². The molecule has 0 rings (SSSR count). The SMILES string of the molecule is P.[Au+3].[N-]=[N+]=[N-].[N-]=[N+]=[N-].[N-]=[N+]=[N-]. The van der Waals surface area contributed by atoms with E-state index in [2.05, 4.69) is 0 Å². The van der Waals surface area contributed by atoms with Gasteiger partial charge in [0.2, 0.25) is 0 Å². The maximum atomic E-state index is 6.75. The van der Waals surface area contributed by atoms with E-state index in [9.17, 15) is 0 Å². The van der Waals surface area contributed by atoms with Gasteiger partial charge in [-0.25, -0.2) is 0 Å². The fourth-order valence-electron chi connectivity index (χ4n) is 0. The van der Waals surface area contributed by atoms with Gasteiger partial charge in [0, 0.05) is 0 Å². The van der Waals surface area contributed by atoms with E-state index in [0.717, 1.165) is 0 Å². The van der Waals surface area contributed by atoms with Gasteiger partial charge in [0.1, 0.15) is 0 Å². The van der Waals surface area contributed by atoms with Crippen molar-refractivity contribution in [1.82, 2.24) is 0 Å². The Kier molecular flexibility index (Phi) is 396. The molecule has 0 saturated carbocycles. The van der Waals surface area contributed by atoms with E-state index in [1.807, 2.05) is 0 Å². The van der Waals surface area contributed by atoms with E-state index in [1.54, 1.807) is 0 Å². The predicted octanol–water partition coefficient (Wildman–Crippen LogP) is 2.65. The first-order chi connectivity index (χ1) is 4.24. The molecule has 0 radical (unpaired) electrons. The molecular weight excluding hydrogens is 354 g/mol. The van der Waals surface area contributed by atoms with Crippen molar-refractivity contribution in [1.29, 1.82) is 0 Å². The van der Waals surface area contributed by atoms with Gasteiger partial charge >= 0.3 is 22.4 Å². The third kappa shape index (κ3) is 567. The fraction of sp³-hybridized carbons (Fsp3) is 0. The van der Waals surface area contributed by atoms with Gasteiger partial charge in [-0.15, -0.1) is 0 Å². The van der Waals surface area contributed by atoms with Gasteiger partial charge in [0.05, 0.1) is 0 Å². The molecule has 0 aliphatic heterocycles. The van der Waals surface area contributed by atoms with E-state index in [-0.39, 0.29) is 32.3 Å². The molecule has 0 N–H and O–H groups in total. The van der Waals surface area contributed by atoms with Crippen molar-refractivity contribution >= 4 is 9.90 Å². The Morgan fingerprint density at radius 3 is 0.545 bits per heavy atom. The van der Waals surface area contributed by atoms with Crippen molar-refractivity contribution in [2.24, 2.45) is 0 Å². The van der Waals surface area contributed by atoms with Crippen LogP contribution < -0.4 is 0 Å². The van der Waals surface area contributed by atoms with Gasteiger partial charge in [-0.2, -0.15) is 9.90 Å². The second-order valence-corrected chi connectivity index (χ2v) is 0.268. The summed E-state index contributed by atoms with van der Waals surface area (Å²) in [4.78, 5) is 4.50. The first-order valence-electron chi connectivity index (χ1n) is 1.20. The van der Waals surface area contributed by atoms with Crippen molar-refractivity contribution in [3.8, 4) is 0 Å².